The van der Waals surface area contributed by atoms with Gasteiger partial charge < -0.3 is 19.4 Å². The van der Waals surface area contributed by atoms with E-state index in [2.05, 4.69) is 14.7 Å². The number of ether oxygens (including phenoxy) is 1. The summed E-state index contributed by atoms with van der Waals surface area (Å²) in [6.07, 6.45) is 11.3. The van der Waals surface area contributed by atoms with E-state index in [1.807, 2.05) is 0 Å². The Morgan fingerprint density at radius 1 is 0.929 bits per heavy atom. The number of rotatable bonds is 6. The first kappa shape index (κ1) is 20.6. The number of methoxy groups -OCH3 is 1. The number of likely N-dealkylation sites (tertiary alicyclic amines) is 3. The van der Waals surface area contributed by atoms with Gasteiger partial charge in [-0.3, -0.25) is 4.79 Å². The van der Waals surface area contributed by atoms with Crippen molar-refractivity contribution in [2.24, 2.45) is 17.3 Å². The lowest BCUT2D eigenvalue weighted by Crippen LogP contribution is -2.49. The third-order valence-electron chi connectivity index (χ3n) is 8.03. The Hall–Kier alpha value is -0.650. The predicted octanol–water partition coefficient (Wildman–Crippen LogP) is 2.85. The molecule has 0 unspecified atom stereocenters. The molecule has 0 aromatic heterocycles. The smallest absolute Gasteiger partial charge is 0.225 e. The second-order valence-corrected chi connectivity index (χ2v) is 10.1. The van der Waals surface area contributed by atoms with Gasteiger partial charge in [-0.2, -0.15) is 0 Å². The molecule has 1 spiro atoms. The highest BCUT2D eigenvalue weighted by Gasteiger charge is 2.43. The molecule has 0 radical (unpaired) electrons. The number of hydrogen-bond acceptors (Lipinski definition) is 4. The highest BCUT2D eigenvalue weighted by atomic mass is 16.5. The minimum atomic E-state index is 0.343. The van der Waals surface area contributed by atoms with Crippen LogP contribution in [0.5, 0.6) is 0 Å². The van der Waals surface area contributed by atoms with Gasteiger partial charge in [0, 0.05) is 51.2 Å². The molecule has 5 nitrogen and oxygen atoms in total. The third-order valence-corrected chi connectivity index (χ3v) is 8.03. The average Bonchev–Trinajstić information content (AvgIpc) is 3.38. The van der Waals surface area contributed by atoms with Crippen LogP contribution in [0.15, 0.2) is 0 Å². The van der Waals surface area contributed by atoms with Gasteiger partial charge in [0.2, 0.25) is 5.91 Å². The highest BCUT2D eigenvalue weighted by molar-refractivity contribution is 5.79. The normalized spacial score (nSPS) is 31.2. The number of amides is 1. The second kappa shape index (κ2) is 9.44. The molecule has 1 saturated carbocycles. The Morgan fingerprint density at radius 3 is 2.46 bits per heavy atom. The average molecular weight is 392 g/mol. The van der Waals surface area contributed by atoms with Crippen molar-refractivity contribution in [3.63, 3.8) is 0 Å². The summed E-state index contributed by atoms with van der Waals surface area (Å²) in [5.74, 6) is 1.68. The van der Waals surface area contributed by atoms with Crippen molar-refractivity contribution in [3.05, 3.63) is 0 Å². The van der Waals surface area contributed by atoms with Gasteiger partial charge >= 0.3 is 0 Å². The SMILES string of the molecule is COCCN1CCC(CN2CC[C@@]3(CCCN(C(=O)C4CCCC4)C3)C2)CC1. The maximum atomic E-state index is 12.9. The summed E-state index contributed by atoms with van der Waals surface area (Å²) < 4.78 is 5.22. The summed E-state index contributed by atoms with van der Waals surface area (Å²) in [4.78, 5) is 20.5. The van der Waals surface area contributed by atoms with Crippen molar-refractivity contribution in [1.29, 1.82) is 0 Å². The molecule has 1 atom stereocenters. The summed E-state index contributed by atoms with van der Waals surface area (Å²) >= 11 is 0. The summed E-state index contributed by atoms with van der Waals surface area (Å²) in [7, 11) is 1.80. The van der Waals surface area contributed by atoms with Crippen LogP contribution in [0.2, 0.25) is 0 Å². The van der Waals surface area contributed by atoms with Gasteiger partial charge in [0.1, 0.15) is 0 Å². The number of hydrogen-bond donors (Lipinski definition) is 0. The predicted molar refractivity (Wildman–Crippen MR) is 112 cm³/mol. The Kier molecular flexibility index (Phi) is 6.95. The lowest BCUT2D eigenvalue weighted by Gasteiger charge is -2.42. The minimum absolute atomic E-state index is 0.343. The fraction of sp³-hybridized carbons (Fsp3) is 0.957. The number of carbonyl (C=O) groups excluding carboxylic acids is 1. The van der Waals surface area contributed by atoms with Crippen LogP contribution in [0.25, 0.3) is 0 Å². The van der Waals surface area contributed by atoms with E-state index >= 15 is 0 Å². The van der Waals surface area contributed by atoms with E-state index in [0.717, 1.165) is 45.0 Å². The van der Waals surface area contributed by atoms with Crippen molar-refractivity contribution in [1.82, 2.24) is 14.7 Å². The van der Waals surface area contributed by atoms with E-state index in [-0.39, 0.29) is 0 Å². The third kappa shape index (κ3) is 4.91. The molecular weight excluding hydrogens is 350 g/mol. The zero-order valence-electron chi connectivity index (χ0n) is 18.0. The van der Waals surface area contributed by atoms with Crippen molar-refractivity contribution in [2.45, 2.75) is 57.8 Å². The van der Waals surface area contributed by atoms with E-state index in [9.17, 15) is 4.79 Å². The first-order chi connectivity index (χ1) is 13.7. The van der Waals surface area contributed by atoms with Crippen molar-refractivity contribution < 1.29 is 9.53 Å². The van der Waals surface area contributed by atoms with E-state index in [1.165, 1.54) is 77.7 Å². The lowest BCUT2D eigenvalue weighted by atomic mass is 9.79. The van der Waals surface area contributed by atoms with E-state index in [4.69, 9.17) is 4.74 Å². The molecule has 1 amide bonds. The van der Waals surface area contributed by atoms with Gasteiger partial charge in [0.05, 0.1) is 6.61 Å². The molecule has 5 heteroatoms. The van der Waals surface area contributed by atoms with Crippen LogP contribution >= 0.6 is 0 Å². The van der Waals surface area contributed by atoms with Crippen molar-refractivity contribution in [3.8, 4) is 0 Å². The topological polar surface area (TPSA) is 36.0 Å². The summed E-state index contributed by atoms with van der Waals surface area (Å²) in [6.45, 7) is 10.2. The number of nitrogens with zero attached hydrogens (tertiary/aromatic N) is 3. The van der Waals surface area contributed by atoms with Crippen molar-refractivity contribution >= 4 is 5.91 Å². The minimum Gasteiger partial charge on any atom is -0.383 e. The summed E-state index contributed by atoms with van der Waals surface area (Å²) in [5.41, 5.74) is 0.395. The van der Waals surface area contributed by atoms with E-state index in [1.54, 1.807) is 7.11 Å². The van der Waals surface area contributed by atoms with E-state index < -0.39 is 0 Å². The molecule has 0 bridgehead atoms. The van der Waals surface area contributed by atoms with Crippen LogP contribution < -0.4 is 0 Å². The molecule has 0 aromatic carbocycles. The molecule has 28 heavy (non-hydrogen) atoms. The number of carbonyl (C=O) groups is 1. The molecule has 3 aliphatic heterocycles. The first-order valence-electron chi connectivity index (χ1n) is 11.9. The van der Waals surface area contributed by atoms with Crippen molar-refractivity contribution in [2.75, 3.05) is 66.1 Å². The Balaban J connectivity index is 1.23. The molecular formula is C23H41N3O2. The van der Waals surface area contributed by atoms with Gasteiger partial charge in [-0.15, -0.1) is 0 Å². The Bertz CT molecular complexity index is 514. The molecule has 4 rings (SSSR count). The highest BCUT2D eigenvalue weighted by Crippen LogP contribution is 2.40. The van der Waals surface area contributed by atoms with Crippen LogP contribution in [0.4, 0.5) is 0 Å². The Labute approximate surface area is 171 Å². The molecule has 0 N–H and O–H groups in total. The van der Waals surface area contributed by atoms with Gasteiger partial charge in [-0.25, -0.2) is 0 Å². The molecule has 160 valence electrons. The maximum absolute atomic E-state index is 12.9. The monoisotopic (exact) mass is 391 g/mol. The number of piperidine rings is 2. The van der Waals surface area contributed by atoms with Crippen LogP contribution in [-0.2, 0) is 9.53 Å². The molecule has 1 aliphatic carbocycles. The summed E-state index contributed by atoms with van der Waals surface area (Å²) in [5, 5.41) is 0. The van der Waals surface area contributed by atoms with Gasteiger partial charge in [-0.05, 0) is 70.5 Å². The van der Waals surface area contributed by atoms with Gasteiger partial charge in [0.25, 0.3) is 0 Å². The lowest BCUT2D eigenvalue weighted by molar-refractivity contribution is -0.138. The molecule has 4 aliphatic rings. The largest absolute Gasteiger partial charge is 0.383 e. The second-order valence-electron chi connectivity index (χ2n) is 10.1. The fourth-order valence-electron chi connectivity index (χ4n) is 6.32. The molecule has 0 aromatic rings. The molecule has 3 heterocycles. The van der Waals surface area contributed by atoms with E-state index in [0.29, 0.717) is 17.2 Å². The zero-order valence-corrected chi connectivity index (χ0v) is 18.0. The fourth-order valence-corrected chi connectivity index (χ4v) is 6.32. The quantitative estimate of drug-likeness (QED) is 0.698. The van der Waals surface area contributed by atoms with Gasteiger partial charge in [-0.1, -0.05) is 12.8 Å². The maximum Gasteiger partial charge on any atom is 0.225 e. The van der Waals surface area contributed by atoms with Crippen LogP contribution in [-0.4, -0.2) is 86.7 Å². The Morgan fingerprint density at radius 2 is 1.71 bits per heavy atom. The van der Waals surface area contributed by atoms with Crippen LogP contribution in [0.3, 0.4) is 0 Å². The van der Waals surface area contributed by atoms with Gasteiger partial charge in [0.15, 0.2) is 0 Å². The summed E-state index contributed by atoms with van der Waals surface area (Å²) in [6, 6.07) is 0. The van der Waals surface area contributed by atoms with Crippen LogP contribution in [0.1, 0.15) is 57.8 Å². The first-order valence-corrected chi connectivity index (χ1v) is 11.9. The zero-order chi connectivity index (χ0) is 19.4. The standard InChI is InChI=1S/C23H41N3O2/c1-28-16-15-24-12-7-20(8-13-24)17-25-14-10-23(18-25)9-4-11-26(19-23)22(27)21-5-2-3-6-21/h20-21H,2-19H2,1H3/t23-/m0/s1. The molecule has 3 saturated heterocycles. The molecule has 4 fully saturated rings. The van der Waals surface area contributed by atoms with Crippen LogP contribution in [0, 0.1) is 17.3 Å².